The van der Waals surface area contributed by atoms with E-state index in [-0.39, 0.29) is 25.8 Å². The van der Waals surface area contributed by atoms with Gasteiger partial charge in [0.1, 0.15) is 5.82 Å². The normalized spacial score (nSPS) is 10.4. The van der Waals surface area contributed by atoms with Crippen molar-refractivity contribution in [2.45, 2.75) is 0 Å². The first-order valence-corrected chi connectivity index (χ1v) is 7.22. The van der Waals surface area contributed by atoms with Crippen molar-refractivity contribution < 1.29 is 9.18 Å². The van der Waals surface area contributed by atoms with Crippen LogP contribution in [-0.2, 0) is 0 Å². The van der Waals surface area contributed by atoms with Crippen LogP contribution in [0.25, 0.3) is 0 Å². The van der Waals surface area contributed by atoms with Crippen LogP contribution in [0, 0.1) is 5.82 Å². The second-order valence-corrected chi connectivity index (χ2v) is 5.91. The van der Waals surface area contributed by atoms with E-state index >= 15 is 0 Å². The van der Waals surface area contributed by atoms with Gasteiger partial charge in [-0.25, -0.2) is 4.39 Å². The molecule has 0 aromatic heterocycles. The first kappa shape index (κ1) is 15.6. The Morgan fingerprint density at radius 1 is 1.15 bits per heavy atom. The molecule has 0 aliphatic carbocycles. The number of amides is 1. The number of carbonyl (C=O) groups is 1. The van der Waals surface area contributed by atoms with Crippen molar-refractivity contribution in [2.75, 3.05) is 5.32 Å². The predicted molar refractivity (Wildman–Crippen MR) is 83.5 cm³/mol. The third-order valence-electron chi connectivity index (χ3n) is 2.44. The molecule has 104 valence electrons. The highest BCUT2D eigenvalue weighted by molar-refractivity contribution is 9.10. The summed E-state index contributed by atoms with van der Waals surface area (Å²) in [6.45, 7) is 0. The predicted octanol–water partition coefficient (Wildman–Crippen LogP) is 5.80. The van der Waals surface area contributed by atoms with Gasteiger partial charge in [0.05, 0.1) is 25.8 Å². The van der Waals surface area contributed by atoms with E-state index in [2.05, 4.69) is 21.2 Å². The Bertz CT molecular complexity index is 670. The standard InChI is InChI=1S/C13H6BrCl3FNO/c14-8-3-1-2-7(11(8)18)13(20)19-12-9(16)4-6(15)5-10(12)17/h1-5H,(H,19,20). The molecule has 1 N–H and O–H groups in total. The monoisotopic (exact) mass is 395 g/mol. The molecule has 2 aromatic carbocycles. The van der Waals surface area contributed by atoms with Crippen molar-refractivity contribution in [3.63, 3.8) is 0 Å². The van der Waals surface area contributed by atoms with Gasteiger partial charge in [-0.05, 0) is 40.2 Å². The Morgan fingerprint density at radius 3 is 2.35 bits per heavy atom. The highest BCUT2D eigenvalue weighted by atomic mass is 79.9. The maximum absolute atomic E-state index is 13.8. The van der Waals surface area contributed by atoms with Crippen LogP contribution < -0.4 is 5.32 Å². The number of hydrogen-bond acceptors (Lipinski definition) is 1. The van der Waals surface area contributed by atoms with Gasteiger partial charge in [0, 0.05) is 5.02 Å². The molecule has 20 heavy (non-hydrogen) atoms. The quantitative estimate of drug-likeness (QED) is 0.682. The van der Waals surface area contributed by atoms with E-state index in [4.69, 9.17) is 34.8 Å². The zero-order chi connectivity index (χ0) is 14.9. The second kappa shape index (κ2) is 6.31. The molecule has 0 bridgehead atoms. The first-order valence-electron chi connectivity index (χ1n) is 5.30. The Balaban J connectivity index is 2.36. The summed E-state index contributed by atoms with van der Waals surface area (Å²) < 4.78 is 14.0. The average molecular weight is 397 g/mol. The van der Waals surface area contributed by atoms with Gasteiger partial charge in [-0.15, -0.1) is 0 Å². The Hall–Kier alpha value is -0.810. The Kier molecular flexibility index (Phi) is 4.91. The van der Waals surface area contributed by atoms with Gasteiger partial charge in [0.2, 0.25) is 0 Å². The summed E-state index contributed by atoms with van der Waals surface area (Å²) in [7, 11) is 0. The van der Waals surface area contributed by atoms with Crippen LogP contribution in [0.2, 0.25) is 15.1 Å². The fraction of sp³-hybridized carbons (Fsp3) is 0. The van der Waals surface area contributed by atoms with E-state index in [1.54, 1.807) is 6.07 Å². The molecular weight excluding hydrogens is 391 g/mol. The topological polar surface area (TPSA) is 29.1 Å². The van der Waals surface area contributed by atoms with Gasteiger partial charge in [-0.2, -0.15) is 0 Å². The van der Waals surface area contributed by atoms with Gasteiger partial charge in [0.15, 0.2) is 0 Å². The first-order chi connectivity index (χ1) is 9.40. The zero-order valence-electron chi connectivity index (χ0n) is 9.68. The molecule has 2 nitrogen and oxygen atoms in total. The minimum Gasteiger partial charge on any atom is -0.319 e. The molecule has 0 aliphatic heterocycles. The fourth-order valence-corrected chi connectivity index (χ4v) is 2.80. The molecule has 0 fully saturated rings. The Morgan fingerprint density at radius 2 is 1.75 bits per heavy atom. The fourth-order valence-electron chi connectivity index (χ4n) is 1.52. The molecule has 0 heterocycles. The lowest BCUT2D eigenvalue weighted by atomic mass is 10.2. The van der Waals surface area contributed by atoms with Crippen LogP contribution in [0.5, 0.6) is 0 Å². The van der Waals surface area contributed by atoms with Gasteiger partial charge in [-0.1, -0.05) is 40.9 Å². The molecule has 1 amide bonds. The number of rotatable bonds is 2. The summed E-state index contributed by atoms with van der Waals surface area (Å²) in [4.78, 5) is 12.1. The van der Waals surface area contributed by atoms with Crippen LogP contribution in [0.15, 0.2) is 34.8 Å². The van der Waals surface area contributed by atoms with E-state index in [1.807, 2.05) is 0 Å². The van der Waals surface area contributed by atoms with Crippen molar-refractivity contribution in [1.82, 2.24) is 0 Å². The number of benzene rings is 2. The van der Waals surface area contributed by atoms with Crippen molar-refractivity contribution in [3.05, 3.63) is 61.3 Å². The number of nitrogens with one attached hydrogen (secondary N) is 1. The number of halogens is 5. The summed E-state index contributed by atoms with van der Waals surface area (Å²) in [5, 5.41) is 3.15. The van der Waals surface area contributed by atoms with Crippen molar-refractivity contribution >= 4 is 62.3 Å². The molecule has 0 atom stereocenters. The minimum absolute atomic E-state index is 0.124. The third-order valence-corrected chi connectivity index (χ3v) is 3.87. The van der Waals surface area contributed by atoms with Crippen LogP contribution in [0.1, 0.15) is 10.4 Å². The smallest absolute Gasteiger partial charge is 0.258 e. The van der Waals surface area contributed by atoms with Crippen molar-refractivity contribution in [3.8, 4) is 0 Å². The van der Waals surface area contributed by atoms with Crippen LogP contribution in [-0.4, -0.2) is 5.91 Å². The van der Waals surface area contributed by atoms with Crippen molar-refractivity contribution in [2.24, 2.45) is 0 Å². The minimum atomic E-state index is -0.661. The van der Waals surface area contributed by atoms with Gasteiger partial charge >= 0.3 is 0 Å². The summed E-state index contributed by atoms with van der Waals surface area (Å²) in [5.74, 6) is -1.32. The largest absolute Gasteiger partial charge is 0.319 e. The molecule has 0 saturated carbocycles. The lowest BCUT2D eigenvalue weighted by Crippen LogP contribution is -2.14. The lowest BCUT2D eigenvalue weighted by Gasteiger charge is -2.10. The second-order valence-electron chi connectivity index (χ2n) is 3.80. The highest BCUT2D eigenvalue weighted by Crippen LogP contribution is 2.34. The third kappa shape index (κ3) is 3.26. The SMILES string of the molecule is O=C(Nc1c(Cl)cc(Cl)cc1Cl)c1cccc(Br)c1F. The van der Waals surface area contributed by atoms with E-state index in [1.165, 1.54) is 24.3 Å². The maximum atomic E-state index is 13.8. The highest BCUT2D eigenvalue weighted by Gasteiger charge is 2.17. The van der Waals surface area contributed by atoms with E-state index in [9.17, 15) is 9.18 Å². The molecule has 0 radical (unpaired) electrons. The van der Waals surface area contributed by atoms with Gasteiger partial charge in [0.25, 0.3) is 5.91 Å². The van der Waals surface area contributed by atoms with E-state index < -0.39 is 11.7 Å². The van der Waals surface area contributed by atoms with Gasteiger partial charge < -0.3 is 5.32 Å². The molecule has 0 saturated heterocycles. The summed E-state index contributed by atoms with van der Waals surface area (Å²) in [6.07, 6.45) is 0. The molecule has 7 heteroatoms. The molecule has 2 rings (SSSR count). The number of carbonyl (C=O) groups excluding carboxylic acids is 1. The average Bonchev–Trinajstić information content (AvgIpc) is 2.36. The molecule has 0 spiro atoms. The molecule has 2 aromatic rings. The number of hydrogen-bond donors (Lipinski definition) is 1. The zero-order valence-corrected chi connectivity index (χ0v) is 13.5. The summed E-state index contributed by atoms with van der Waals surface area (Å²) in [6, 6.07) is 7.26. The summed E-state index contributed by atoms with van der Waals surface area (Å²) in [5.41, 5.74) is 0.0589. The molecular formula is C13H6BrCl3FNO. The van der Waals surface area contributed by atoms with E-state index in [0.717, 1.165) is 0 Å². The maximum Gasteiger partial charge on any atom is 0.258 e. The van der Waals surface area contributed by atoms with E-state index in [0.29, 0.717) is 5.02 Å². The van der Waals surface area contributed by atoms with Gasteiger partial charge in [-0.3, -0.25) is 4.79 Å². The van der Waals surface area contributed by atoms with Crippen LogP contribution in [0.3, 0.4) is 0 Å². The van der Waals surface area contributed by atoms with Crippen LogP contribution >= 0.6 is 50.7 Å². The lowest BCUT2D eigenvalue weighted by molar-refractivity contribution is 0.102. The van der Waals surface area contributed by atoms with Crippen LogP contribution in [0.4, 0.5) is 10.1 Å². The Labute approximate surface area is 138 Å². The number of anilines is 1. The molecule has 0 aliphatic rings. The summed E-state index contributed by atoms with van der Waals surface area (Å²) >= 11 is 20.7. The molecule has 0 unspecified atom stereocenters. The van der Waals surface area contributed by atoms with Crippen molar-refractivity contribution in [1.29, 1.82) is 0 Å².